The highest BCUT2D eigenvalue weighted by Crippen LogP contribution is 2.37. The first-order valence-corrected chi connectivity index (χ1v) is 7.45. The molecule has 3 rings (SSSR count). The van der Waals surface area contributed by atoms with E-state index in [1.165, 1.54) is 12.1 Å². The number of halogens is 5. The van der Waals surface area contributed by atoms with Crippen molar-refractivity contribution in [2.24, 2.45) is 0 Å². The van der Waals surface area contributed by atoms with Crippen LogP contribution >= 0.6 is 22.6 Å². The van der Waals surface area contributed by atoms with E-state index >= 15 is 0 Å². The van der Waals surface area contributed by atoms with Gasteiger partial charge in [-0.1, -0.05) is 6.07 Å². The van der Waals surface area contributed by atoms with Crippen LogP contribution in [0.3, 0.4) is 0 Å². The molecule has 2 aromatic heterocycles. The fourth-order valence-corrected chi connectivity index (χ4v) is 2.77. The lowest BCUT2D eigenvalue weighted by Crippen LogP contribution is -1.98. The Bertz CT molecular complexity index is 859. The zero-order valence-electron chi connectivity index (χ0n) is 11.3. The highest BCUT2D eigenvalue weighted by atomic mass is 127. The molecule has 2 heterocycles. The molecule has 0 saturated heterocycles. The SMILES string of the molecule is Fc1cncc(F)c1-c1ccc(I)cc1-c1c(F)cncc1F. The van der Waals surface area contributed by atoms with Crippen molar-refractivity contribution in [1.29, 1.82) is 0 Å². The first-order valence-electron chi connectivity index (χ1n) is 6.37. The molecule has 0 bridgehead atoms. The van der Waals surface area contributed by atoms with E-state index in [0.29, 0.717) is 3.57 Å². The van der Waals surface area contributed by atoms with Crippen LogP contribution in [0.5, 0.6) is 0 Å². The third-order valence-corrected chi connectivity index (χ3v) is 3.90. The van der Waals surface area contributed by atoms with Crippen molar-refractivity contribution in [2.45, 2.75) is 0 Å². The Balaban J connectivity index is 2.37. The number of benzene rings is 1. The molecule has 0 aliphatic heterocycles. The van der Waals surface area contributed by atoms with Crippen LogP contribution in [0, 0.1) is 26.8 Å². The van der Waals surface area contributed by atoms with Gasteiger partial charge in [0.15, 0.2) is 23.3 Å². The van der Waals surface area contributed by atoms with E-state index in [0.717, 1.165) is 24.8 Å². The van der Waals surface area contributed by atoms with Crippen molar-refractivity contribution in [3.8, 4) is 22.3 Å². The summed E-state index contributed by atoms with van der Waals surface area (Å²) < 4.78 is 56.8. The first kappa shape index (κ1) is 15.9. The summed E-state index contributed by atoms with van der Waals surface area (Å²) in [5, 5.41) is 0. The van der Waals surface area contributed by atoms with Crippen molar-refractivity contribution >= 4 is 22.6 Å². The molecule has 0 saturated carbocycles. The number of hydrogen-bond acceptors (Lipinski definition) is 2. The molecule has 2 nitrogen and oxygen atoms in total. The maximum atomic E-state index is 14.1. The summed E-state index contributed by atoms with van der Waals surface area (Å²) >= 11 is 1.95. The highest BCUT2D eigenvalue weighted by molar-refractivity contribution is 14.1. The zero-order valence-corrected chi connectivity index (χ0v) is 13.5. The molecule has 0 amide bonds. The average molecular weight is 430 g/mol. The largest absolute Gasteiger partial charge is 0.259 e. The zero-order chi connectivity index (χ0) is 16.6. The Morgan fingerprint density at radius 2 is 1.09 bits per heavy atom. The van der Waals surface area contributed by atoms with Gasteiger partial charge in [-0.2, -0.15) is 0 Å². The lowest BCUT2D eigenvalue weighted by atomic mass is 9.94. The smallest absolute Gasteiger partial charge is 0.152 e. The second kappa shape index (κ2) is 6.23. The van der Waals surface area contributed by atoms with E-state index in [9.17, 15) is 17.6 Å². The summed E-state index contributed by atoms with van der Waals surface area (Å²) in [5.41, 5.74) is -0.698. The molecule has 0 N–H and O–H groups in total. The molecular weight excluding hydrogens is 423 g/mol. The van der Waals surface area contributed by atoms with Crippen LogP contribution in [-0.2, 0) is 0 Å². The number of hydrogen-bond donors (Lipinski definition) is 0. The highest BCUT2D eigenvalue weighted by Gasteiger charge is 2.21. The maximum Gasteiger partial charge on any atom is 0.152 e. The van der Waals surface area contributed by atoms with Gasteiger partial charge >= 0.3 is 0 Å². The first-order chi connectivity index (χ1) is 11.0. The molecule has 0 aliphatic rings. The van der Waals surface area contributed by atoms with Crippen LogP contribution in [0.1, 0.15) is 0 Å². The quantitative estimate of drug-likeness (QED) is 0.424. The maximum absolute atomic E-state index is 14.1. The van der Waals surface area contributed by atoms with E-state index in [4.69, 9.17) is 0 Å². The molecule has 7 heteroatoms. The molecule has 0 unspecified atom stereocenters. The number of pyridine rings is 2. The molecule has 3 aromatic rings. The fraction of sp³-hybridized carbons (Fsp3) is 0. The van der Waals surface area contributed by atoms with Crippen molar-refractivity contribution < 1.29 is 17.6 Å². The Labute approximate surface area is 142 Å². The van der Waals surface area contributed by atoms with Gasteiger partial charge in [-0.3, -0.25) is 9.97 Å². The molecule has 0 atom stereocenters. The third kappa shape index (κ3) is 2.92. The lowest BCUT2D eigenvalue weighted by molar-refractivity contribution is 0.576. The average Bonchev–Trinajstić information content (AvgIpc) is 2.49. The van der Waals surface area contributed by atoms with Crippen LogP contribution in [-0.4, -0.2) is 9.97 Å². The molecule has 23 heavy (non-hydrogen) atoms. The number of nitrogens with zero attached hydrogens (tertiary/aromatic N) is 2. The predicted molar refractivity (Wildman–Crippen MR) is 85.5 cm³/mol. The van der Waals surface area contributed by atoms with Crippen molar-refractivity contribution in [3.05, 3.63) is 69.8 Å². The fourth-order valence-electron chi connectivity index (χ4n) is 2.28. The van der Waals surface area contributed by atoms with Crippen LogP contribution in [0.15, 0.2) is 43.0 Å². The minimum absolute atomic E-state index is 0.0341. The van der Waals surface area contributed by atoms with E-state index in [2.05, 4.69) is 9.97 Å². The summed E-state index contributed by atoms with van der Waals surface area (Å²) in [5.74, 6) is -3.66. The van der Waals surface area contributed by atoms with Gasteiger partial charge in [0.05, 0.1) is 35.9 Å². The summed E-state index contributed by atoms with van der Waals surface area (Å²) in [4.78, 5) is 6.84. The predicted octanol–water partition coefficient (Wildman–Crippen LogP) is 4.97. The van der Waals surface area contributed by atoms with Crippen LogP contribution in [0.2, 0.25) is 0 Å². The van der Waals surface area contributed by atoms with Gasteiger partial charge in [-0.25, -0.2) is 17.6 Å². The third-order valence-electron chi connectivity index (χ3n) is 3.23. The van der Waals surface area contributed by atoms with E-state index in [1.54, 1.807) is 6.07 Å². The van der Waals surface area contributed by atoms with Crippen LogP contribution in [0.4, 0.5) is 17.6 Å². The standard InChI is InChI=1S/C16H7F4IN2/c17-11-4-22-5-12(18)15(11)9-2-1-8(21)3-10(9)16-13(19)6-23-7-14(16)20/h1-7H. The molecule has 0 aliphatic carbocycles. The number of aromatic nitrogens is 2. The molecule has 0 spiro atoms. The lowest BCUT2D eigenvalue weighted by Gasteiger charge is -2.13. The van der Waals surface area contributed by atoms with Gasteiger partial charge in [-0.15, -0.1) is 0 Å². The summed E-state index contributed by atoms with van der Waals surface area (Å²) in [6.07, 6.45) is 3.39. The van der Waals surface area contributed by atoms with Gasteiger partial charge in [0.1, 0.15) is 0 Å². The number of rotatable bonds is 2. The van der Waals surface area contributed by atoms with Crippen LogP contribution < -0.4 is 0 Å². The molecule has 116 valence electrons. The van der Waals surface area contributed by atoms with E-state index < -0.39 is 23.3 Å². The van der Waals surface area contributed by atoms with Gasteiger partial charge in [-0.05, 0) is 45.9 Å². The van der Waals surface area contributed by atoms with Gasteiger partial charge in [0.25, 0.3) is 0 Å². The Morgan fingerprint density at radius 1 is 0.652 bits per heavy atom. The Hall–Kier alpha value is -2.03. The van der Waals surface area contributed by atoms with Gasteiger partial charge in [0, 0.05) is 3.57 Å². The summed E-state index contributed by atoms with van der Waals surface area (Å²) in [6, 6.07) is 4.46. The van der Waals surface area contributed by atoms with Crippen molar-refractivity contribution in [1.82, 2.24) is 9.97 Å². The van der Waals surface area contributed by atoms with Crippen molar-refractivity contribution in [3.63, 3.8) is 0 Å². The minimum Gasteiger partial charge on any atom is -0.259 e. The molecule has 0 fully saturated rings. The summed E-state index contributed by atoms with van der Waals surface area (Å²) in [7, 11) is 0. The van der Waals surface area contributed by atoms with E-state index in [-0.39, 0.29) is 22.3 Å². The molecular formula is C16H7F4IN2. The van der Waals surface area contributed by atoms with E-state index in [1.807, 2.05) is 22.6 Å². The Kier molecular flexibility index (Phi) is 4.29. The monoisotopic (exact) mass is 430 g/mol. The topological polar surface area (TPSA) is 25.8 Å². The van der Waals surface area contributed by atoms with Crippen LogP contribution in [0.25, 0.3) is 22.3 Å². The molecule has 1 aromatic carbocycles. The second-order valence-electron chi connectivity index (χ2n) is 4.65. The molecule has 0 radical (unpaired) electrons. The van der Waals surface area contributed by atoms with Gasteiger partial charge in [0.2, 0.25) is 0 Å². The van der Waals surface area contributed by atoms with Crippen molar-refractivity contribution in [2.75, 3.05) is 0 Å². The normalized spacial score (nSPS) is 10.8. The second-order valence-corrected chi connectivity index (χ2v) is 5.89. The minimum atomic E-state index is -0.915. The summed E-state index contributed by atoms with van der Waals surface area (Å²) in [6.45, 7) is 0. The Morgan fingerprint density at radius 3 is 1.57 bits per heavy atom. The van der Waals surface area contributed by atoms with Gasteiger partial charge < -0.3 is 0 Å².